The molecule has 1 atom stereocenters. The van der Waals surface area contributed by atoms with Crippen molar-refractivity contribution in [2.45, 2.75) is 32.4 Å². The molecule has 0 aliphatic carbocycles. The molecule has 0 saturated heterocycles. The monoisotopic (exact) mass is 255 g/mol. The van der Waals surface area contributed by atoms with Crippen LogP contribution in [0.1, 0.15) is 24.6 Å². The zero-order valence-corrected chi connectivity index (χ0v) is 11.1. The summed E-state index contributed by atoms with van der Waals surface area (Å²) in [4.78, 5) is 12.8. The van der Waals surface area contributed by atoms with Crippen LogP contribution in [0.4, 0.5) is 0 Å². The molecule has 96 valence electrons. The number of nitrogens with two attached hydrogens (primary N) is 1. The third-order valence-electron chi connectivity index (χ3n) is 2.43. The van der Waals surface area contributed by atoms with Crippen LogP contribution >= 0.6 is 11.3 Å². The van der Waals surface area contributed by atoms with Gasteiger partial charge in [0, 0.05) is 37.0 Å². The fourth-order valence-electron chi connectivity index (χ4n) is 1.46. The molecular weight excluding hydrogens is 234 g/mol. The summed E-state index contributed by atoms with van der Waals surface area (Å²) in [6, 6.07) is 4.14. The highest BCUT2D eigenvalue weighted by Crippen LogP contribution is 2.08. The van der Waals surface area contributed by atoms with Gasteiger partial charge in [-0.1, -0.05) is 13.0 Å². The van der Waals surface area contributed by atoms with E-state index in [4.69, 9.17) is 5.73 Å². The Hall–Kier alpha value is -0.910. The van der Waals surface area contributed by atoms with Crippen LogP contribution in [0.25, 0.3) is 0 Å². The van der Waals surface area contributed by atoms with Gasteiger partial charge in [0.05, 0.1) is 0 Å². The first-order valence-electron chi connectivity index (χ1n) is 5.98. The highest BCUT2D eigenvalue weighted by molar-refractivity contribution is 7.09. The molecule has 0 bridgehead atoms. The molecule has 4 N–H and O–H groups in total. The molecule has 0 aliphatic rings. The minimum absolute atomic E-state index is 0.0500. The second-order valence-corrected chi connectivity index (χ2v) is 4.98. The van der Waals surface area contributed by atoms with Gasteiger partial charge < -0.3 is 16.4 Å². The molecule has 1 unspecified atom stereocenters. The minimum Gasteiger partial charge on any atom is -0.356 e. The summed E-state index contributed by atoms with van der Waals surface area (Å²) >= 11 is 1.70. The van der Waals surface area contributed by atoms with Crippen molar-refractivity contribution in [2.75, 3.05) is 13.1 Å². The predicted molar refractivity (Wildman–Crippen MR) is 71.9 cm³/mol. The molecule has 1 amide bonds. The van der Waals surface area contributed by atoms with Gasteiger partial charge >= 0.3 is 0 Å². The molecule has 1 aromatic heterocycles. The Morgan fingerprint density at radius 1 is 1.59 bits per heavy atom. The van der Waals surface area contributed by atoms with Gasteiger partial charge in [0.15, 0.2) is 0 Å². The van der Waals surface area contributed by atoms with Crippen LogP contribution in [0.15, 0.2) is 17.5 Å². The van der Waals surface area contributed by atoms with Gasteiger partial charge in [-0.3, -0.25) is 4.79 Å². The highest BCUT2D eigenvalue weighted by atomic mass is 32.1. The Morgan fingerprint density at radius 3 is 3.00 bits per heavy atom. The molecule has 1 aromatic rings. The van der Waals surface area contributed by atoms with E-state index in [-0.39, 0.29) is 11.9 Å². The average molecular weight is 255 g/mol. The number of rotatable bonds is 8. The Morgan fingerprint density at radius 2 is 2.41 bits per heavy atom. The zero-order valence-electron chi connectivity index (χ0n) is 10.2. The summed E-state index contributed by atoms with van der Waals surface area (Å²) in [5.41, 5.74) is 5.65. The third kappa shape index (κ3) is 5.81. The maximum atomic E-state index is 11.5. The standard InChI is InChI=1S/C12H21N3OS/c1-2-5-14-12(16)7-10(8-13)15-9-11-4-3-6-17-11/h3-4,6,10,15H,2,5,7-9,13H2,1H3,(H,14,16). The Balaban J connectivity index is 2.25. The van der Waals surface area contributed by atoms with Crippen LogP contribution in [0, 0.1) is 0 Å². The van der Waals surface area contributed by atoms with Gasteiger partial charge in [0.1, 0.15) is 0 Å². The molecule has 17 heavy (non-hydrogen) atoms. The first kappa shape index (κ1) is 14.2. The second kappa shape index (κ2) is 8.22. The molecule has 0 spiro atoms. The van der Waals surface area contributed by atoms with E-state index in [2.05, 4.69) is 16.7 Å². The summed E-state index contributed by atoms with van der Waals surface area (Å²) < 4.78 is 0. The van der Waals surface area contributed by atoms with Crippen molar-refractivity contribution in [3.05, 3.63) is 22.4 Å². The van der Waals surface area contributed by atoms with Crippen molar-refractivity contribution < 1.29 is 4.79 Å². The van der Waals surface area contributed by atoms with Crippen LogP contribution in [0.2, 0.25) is 0 Å². The van der Waals surface area contributed by atoms with E-state index in [1.165, 1.54) is 4.88 Å². The van der Waals surface area contributed by atoms with Crippen molar-refractivity contribution >= 4 is 17.2 Å². The van der Waals surface area contributed by atoms with E-state index < -0.39 is 0 Å². The first-order valence-corrected chi connectivity index (χ1v) is 6.86. The van der Waals surface area contributed by atoms with Gasteiger partial charge in [-0.05, 0) is 17.9 Å². The van der Waals surface area contributed by atoms with Gasteiger partial charge in [0.2, 0.25) is 5.91 Å². The minimum atomic E-state index is 0.0500. The fourth-order valence-corrected chi connectivity index (χ4v) is 2.11. The Labute approximate surface area is 107 Å². The van der Waals surface area contributed by atoms with Crippen LogP contribution in [-0.4, -0.2) is 25.0 Å². The van der Waals surface area contributed by atoms with E-state index in [0.29, 0.717) is 13.0 Å². The summed E-state index contributed by atoms with van der Waals surface area (Å²) in [5.74, 6) is 0.0704. The van der Waals surface area contributed by atoms with Crippen LogP contribution in [-0.2, 0) is 11.3 Å². The second-order valence-electron chi connectivity index (χ2n) is 3.95. The zero-order chi connectivity index (χ0) is 12.5. The normalized spacial score (nSPS) is 12.4. The third-order valence-corrected chi connectivity index (χ3v) is 3.31. The summed E-state index contributed by atoms with van der Waals surface area (Å²) in [6.45, 7) is 4.03. The number of thiophene rings is 1. The maximum Gasteiger partial charge on any atom is 0.221 e. The van der Waals surface area contributed by atoms with E-state index in [0.717, 1.165) is 19.5 Å². The number of carbonyl (C=O) groups is 1. The Bertz CT molecular complexity index is 314. The molecule has 5 heteroatoms. The molecule has 4 nitrogen and oxygen atoms in total. The van der Waals surface area contributed by atoms with E-state index >= 15 is 0 Å². The van der Waals surface area contributed by atoms with E-state index in [1.54, 1.807) is 11.3 Å². The van der Waals surface area contributed by atoms with Crippen molar-refractivity contribution in [3.8, 4) is 0 Å². The topological polar surface area (TPSA) is 67.2 Å². The lowest BCUT2D eigenvalue weighted by molar-refractivity contribution is -0.121. The average Bonchev–Trinajstić information content (AvgIpc) is 2.84. The molecule has 1 rings (SSSR count). The first-order chi connectivity index (χ1) is 8.26. The number of amides is 1. The van der Waals surface area contributed by atoms with Gasteiger partial charge in [0.25, 0.3) is 0 Å². The van der Waals surface area contributed by atoms with E-state index in [1.807, 2.05) is 18.4 Å². The van der Waals surface area contributed by atoms with Crippen molar-refractivity contribution in [2.24, 2.45) is 5.73 Å². The number of carbonyl (C=O) groups excluding carboxylic acids is 1. The molecule has 0 saturated carbocycles. The lowest BCUT2D eigenvalue weighted by atomic mass is 10.2. The molecule has 0 fully saturated rings. The van der Waals surface area contributed by atoms with Crippen molar-refractivity contribution in [1.29, 1.82) is 0 Å². The molecule has 0 aliphatic heterocycles. The van der Waals surface area contributed by atoms with Gasteiger partial charge in [-0.25, -0.2) is 0 Å². The van der Waals surface area contributed by atoms with Crippen LogP contribution in [0.5, 0.6) is 0 Å². The number of hydrogen-bond donors (Lipinski definition) is 3. The van der Waals surface area contributed by atoms with E-state index in [9.17, 15) is 4.79 Å². The lowest BCUT2D eigenvalue weighted by Crippen LogP contribution is -2.40. The molecular formula is C12H21N3OS. The smallest absolute Gasteiger partial charge is 0.221 e. The summed E-state index contributed by atoms with van der Waals surface area (Å²) in [7, 11) is 0. The molecule has 1 heterocycles. The summed E-state index contributed by atoms with van der Waals surface area (Å²) in [5, 5.41) is 8.21. The Kier molecular flexibility index (Phi) is 6.84. The SMILES string of the molecule is CCCNC(=O)CC(CN)NCc1cccs1. The quantitative estimate of drug-likeness (QED) is 0.651. The van der Waals surface area contributed by atoms with Gasteiger partial charge in [-0.15, -0.1) is 11.3 Å². The molecule has 0 aromatic carbocycles. The van der Waals surface area contributed by atoms with Crippen LogP contribution in [0.3, 0.4) is 0 Å². The van der Waals surface area contributed by atoms with Crippen molar-refractivity contribution in [3.63, 3.8) is 0 Å². The largest absolute Gasteiger partial charge is 0.356 e. The number of nitrogens with one attached hydrogen (secondary N) is 2. The molecule has 0 radical (unpaired) electrons. The lowest BCUT2D eigenvalue weighted by Gasteiger charge is -2.15. The van der Waals surface area contributed by atoms with Crippen LogP contribution < -0.4 is 16.4 Å². The highest BCUT2D eigenvalue weighted by Gasteiger charge is 2.11. The van der Waals surface area contributed by atoms with Crippen molar-refractivity contribution in [1.82, 2.24) is 10.6 Å². The maximum absolute atomic E-state index is 11.5. The van der Waals surface area contributed by atoms with Gasteiger partial charge in [-0.2, -0.15) is 0 Å². The number of hydrogen-bond acceptors (Lipinski definition) is 4. The predicted octanol–water partition coefficient (Wildman–Crippen LogP) is 1.08. The fraction of sp³-hybridized carbons (Fsp3) is 0.583. The summed E-state index contributed by atoms with van der Waals surface area (Å²) in [6.07, 6.45) is 1.41.